The van der Waals surface area contributed by atoms with Crippen molar-refractivity contribution < 1.29 is 9.53 Å². The van der Waals surface area contributed by atoms with Crippen molar-refractivity contribution in [2.24, 2.45) is 0 Å². The minimum Gasteiger partial charge on any atom is -0.469 e. The lowest BCUT2D eigenvalue weighted by Crippen LogP contribution is -2.19. The number of H-pyrrole nitrogens is 1. The number of carbonyl (C=O) groups is 1. The van der Waals surface area contributed by atoms with Crippen LogP contribution < -0.4 is 5.32 Å². The maximum atomic E-state index is 10.8. The summed E-state index contributed by atoms with van der Waals surface area (Å²) in [4.78, 5) is 13.9. The summed E-state index contributed by atoms with van der Waals surface area (Å²) in [5.74, 6) is -0.138. The number of aromatic nitrogens is 1. The molecule has 0 bridgehead atoms. The van der Waals surface area contributed by atoms with Crippen LogP contribution in [0.25, 0.3) is 0 Å². The molecule has 1 aromatic rings. The zero-order valence-corrected chi connectivity index (χ0v) is 9.08. The van der Waals surface area contributed by atoms with Gasteiger partial charge >= 0.3 is 5.97 Å². The molecule has 4 nitrogen and oxygen atoms in total. The summed E-state index contributed by atoms with van der Waals surface area (Å²) in [5, 5.41) is 3.28. The molecule has 0 saturated carbocycles. The summed E-state index contributed by atoms with van der Waals surface area (Å²) < 4.78 is 4.54. The molecular weight excluding hydrogens is 192 g/mol. The van der Waals surface area contributed by atoms with Crippen LogP contribution in [0.2, 0.25) is 0 Å². The van der Waals surface area contributed by atoms with Crippen molar-refractivity contribution in [3.8, 4) is 0 Å². The summed E-state index contributed by atoms with van der Waals surface area (Å²) in [5.41, 5.74) is 1.23. The summed E-state index contributed by atoms with van der Waals surface area (Å²) in [6.07, 6.45) is 4.24. The Kier molecular flexibility index (Phi) is 5.55. The number of rotatable bonds is 7. The molecule has 0 amide bonds. The number of ether oxygens (including phenoxy) is 1. The van der Waals surface area contributed by atoms with Gasteiger partial charge in [0.25, 0.3) is 0 Å². The van der Waals surface area contributed by atoms with Gasteiger partial charge in [-0.15, -0.1) is 0 Å². The zero-order chi connectivity index (χ0) is 10.9. The molecule has 84 valence electrons. The largest absolute Gasteiger partial charge is 0.469 e. The average Bonchev–Trinajstić information content (AvgIpc) is 2.75. The first kappa shape index (κ1) is 11.8. The van der Waals surface area contributed by atoms with Crippen molar-refractivity contribution in [2.75, 3.05) is 20.2 Å². The highest BCUT2D eigenvalue weighted by Gasteiger charge is 1.98. The van der Waals surface area contributed by atoms with Crippen molar-refractivity contribution in [1.29, 1.82) is 0 Å². The predicted octanol–water partition coefficient (Wildman–Crippen LogP) is 1.10. The molecule has 0 atom stereocenters. The van der Waals surface area contributed by atoms with Crippen LogP contribution in [0.15, 0.2) is 18.3 Å². The van der Waals surface area contributed by atoms with Gasteiger partial charge in [0.05, 0.1) is 7.11 Å². The Morgan fingerprint density at radius 1 is 1.53 bits per heavy atom. The number of aromatic amines is 1. The van der Waals surface area contributed by atoms with Crippen molar-refractivity contribution in [2.45, 2.75) is 19.3 Å². The van der Waals surface area contributed by atoms with Crippen LogP contribution in [-0.4, -0.2) is 31.2 Å². The Labute approximate surface area is 90.0 Å². The second-order valence-electron chi connectivity index (χ2n) is 3.38. The topological polar surface area (TPSA) is 54.1 Å². The maximum Gasteiger partial charge on any atom is 0.305 e. The Balaban J connectivity index is 1.91. The first-order valence-corrected chi connectivity index (χ1v) is 5.22. The molecular formula is C11H18N2O2. The smallest absolute Gasteiger partial charge is 0.305 e. The third kappa shape index (κ3) is 5.22. The van der Waals surface area contributed by atoms with Gasteiger partial charge in [-0.3, -0.25) is 4.79 Å². The fraction of sp³-hybridized carbons (Fsp3) is 0.545. The molecule has 1 heterocycles. The van der Waals surface area contributed by atoms with Gasteiger partial charge < -0.3 is 15.0 Å². The highest BCUT2D eigenvalue weighted by molar-refractivity contribution is 5.69. The monoisotopic (exact) mass is 210 g/mol. The van der Waals surface area contributed by atoms with Crippen LogP contribution >= 0.6 is 0 Å². The third-order valence-corrected chi connectivity index (χ3v) is 2.20. The molecule has 0 saturated heterocycles. The Morgan fingerprint density at radius 2 is 2.40 bits per heavy atom. The number of carbonyl (C=O) groups excluding carboxylic acids is 1. The Bertz CT molecular complexity index is 270. The van der Waals surface area contributed by atoms with E-state index in [9.17, 15) is 4.79 Å². The van der Waals surface area contributed by atoms with E-state index in [4.69, 9.17) is 0 Å². The van der Waals surface area contributed by atoms with E-state index in [-0.39, 0.29) is 5.97 Å². The van der Waals surface area contributed by atoms with Crippen LogP contribution in [0.4, 0.5) is 0 Å². The second-order valence-corrected chi connectivity index (χ2v) is 3.38. The predicted molar refractivity (Wildman–Crippen MR) is 58.6 cm³/mol. The summed E-state index contributed by atoms with van der Waals surface area (Å²) in [7, 11) is 1.42. The molecule has 4 heteroatoms. The molecule has 0 spiro atoms. The van der Waals surface area contributed by atoms with E-state index in [0.717, 1.165) is 25.9 Å². The van der Waals surface area contributed by atoms with Crippen LogP contribution in [-0.2, 0) is 16.0 Å². The van der Waals surface area contributed by atoms with E-state index in [0.29, 0.717) is 6.42 Å². The molecule has 0 aliphatic carbocycles. The number of hydrogen-bond donors (Lipinski definition) is 2. The number of hydrogen-bond acceptors (Lipinski definition) is 3. The molecule has 0 aliphatic rings. The van der Waals surface area contributed by atoms with Gasteiger partial charge in [0.2, 0.25) is 0 Å². The number of nitrogens with one attached hydrogen (secondary N) is 2. The van der Waals surface area contributed by atoms with Crippen LogP contribution in [0.1, 0.15) is 18.5 Å². The molecule has 1 aromatic heterocycles. The lowest BCUT2D eigenvalue weighted by molar-refractivity contribution is -0.140. The molecule has 0 radical (unpaired) electrons. The van der Waals surface area contributed by atoms with Gasteiger partial charge in [-0.25, -0.2) is 0 Å². The summed E-state index contributed by atoms with van der Waals surface area (Å²) in [6, 6.07) is 4.06. The van der Waals surface area contributed by atoms with Gasteiger partial charge in [-0.1, -0.05) is 0 Å². The SMILES string of the molecule is COC(=O)CCCNCCc1ccc[nH]1. The normalized spacial score (nSPS) is 10.2. The molecule has 0 fully saturated rings. The lowest BCUT2D eigenvalue weighted by atomic mass is 10.3. The average molecular weight is 210 g/mol. The fourth-order valence-corrected chi connectivity index (χ4v) is 1.33. The van der Waals surface area contributed by atoms with Gasteiger partial charge in [-0.2, -0.15) is 0 Å². The number of esters is 1. The Morgan fingerprint density at radius 3 is 3.07 bits per heavy atom. The Hall–Kier alpha value is -1.29. The minimum atomic E-state index is -0.138. The van der Waals surface area contributed by atoms with Gasteiger partial charge in [0.1, 0.15) is 0 Å². The minimum absolute atomic E-state index is 0.138. The first-order valence-electron chi connectivity index (χ1n) is 5.22. The van der Waals surface area contributed by atoms with Crippen molar-refractivity contribution in [3.63, 3.8) is 0 Å². The molecule has 1 rings (SSSR count). The highest BCUT2D eigenvalue weighted by Crippen LogP contribution is 1.94. The molecule has 0 aliphatic heterocycles. The van der Waals surface area contributed by atoms with Crippen molar-refractivity contribution >= 4 is 5.97 Å². The lowest BCUT2D eigenvalue weighted by Gasteiger charge is -2.03. The third-order valence-electron chi connectivity index (χ3n) is 2.20. The van der Waals surface area contributed by atoms with Crippen LogP contribution in [0.3, 0.4) is 0 Å². The van der Waals surface area contributed by atoms with E-state index in [1.165, 1.54) is 12.8 Å². The molecule has 2 N–H and O–H groups in total. The first-order chi connectivity index (χ1) is 7.33. The summed E-state index contributed by atoms with van der Waals surface area (Å²) in [6.45, 7) is 1.79. The maximum absolute atomic E-state index is 10.8. The number of methoxy groups -OCH3 is 1. The molecule has 0 unspecified atom stereocenters. The second kappa shape index (κ2) is 7.06. The molecule has 0 aromatic carbocycles. The fourth-order valence-electron chi connectivity index (χ4n) is 1.33. The van der Waals surface area contributed by atoms with Crippen molar-refractivity contribution in [3.05, 3.63) is 24.0 Å². The van der Waals surface area contributed by atoms with Crippen LogP contribution in [0, 0.1) is 0 Å². The van der Waals surface area contributed by atoms with E-state index in [1.807, 2.05) is 12.3 Å². The standard InChI is InChI=1S/C11H18N2O2/c1-15-11(14)5-3-7-12-9-6-10-4-2-8-13-10/h2,4,8,12-13H,3,5-7,9H2,1H3. The van der Waals surface area contributed by atoms with Gasteiger partial charge in [0.15, 0.2) is 0 Å². The zero-order valence-electron chi connectivity index (χ0n) is 9.08. The summed E-state index contributed by atoms with van der Waals surface area (Å²) >= 11 is 0. The van der Waals surface area contributed by atoms with Crippen LogP contribution in [0.5, 0.6) is 0 Å². The van der Waals surface area contributed by atoms with Gasteiger partial charge in [-0.05, 0) is 31.5 Å². The van der Waals surface area contributed by atoms with Gasteiger partial charge in [0, 0.05) is 24.9 Å². The van der Waals surface area contributed by atoms with E-state index in [2.05, 4.69) is 21.1 Å². The van der Waals surface area contributed by atoms with E-state index in [1.54, 1.807) is 0 Å². The highest BCUT2D eigenvalue weighted by atomic mass is 16.5. The van der Waals surface area contributed by atoms with Crippen molar-refractivity contribution in [1.82, 2.24) is 10.3 Å². The molecule has 15 heavy (non-hydrogen) atoms. The van der Waals surface area contributed by atoms with E-state index >= 15 is 0 Å². The quantitative estimate of drug-likeness (QED) is 0.523. The van der Waals surface area contributed by atoms with E-state index < -0.39 is 0 Å².